The molecule has 0 bridgehead atoms. The van der Waals surface area contributed by atoms with Gasteiger partial charge in [-0.25, -0.2) is 0 Å². The van der Waals surface area contributed by atoms with Gasteiger partial charge in [-0.2, -0.15) is 0 Å². The minimum absolute atomic E-state index is 0.208. The van der Waals surface area contributed by atoms with Crippen LogP contribution in [-0.4, -0.2) is 15.8 Å². The highest BCUT2D eigenvalue weighted by molar-refractivity contribution is 6.56. The summed E-state index contributed by atoms with van der Waals surface area (Å²) in [6, 6.07) is 6.68. The van der Waals surface area contributed by atoms with Gasteiger partial charge in [0, 0.05) is 10.6 Å². The Morgan fingerprint density at radius 3 is 2.15 bits per heavy atom. The van der Waals surface area contributed by atoms with Gasteiger partial charge < -0.3 is 5.21 Å². The van der Waals surface area contributed by atoms with Crippen LogP contribution in [0.4, 0.5) is 0 Å². The van der Waals surface area contributed by atoms with Crippen molar-refractivity contribution in [2.75, 3.05) is 0 Å². The van der Waals surface area contributed by atoms with Crippen molar-refractivity contribution in [3.63, 3.8) is 0 Å². The van der Waals surface area contributed by atoms with E-state index < -0.39 is 4.84 Å². The molecule has 0 fully saturated rings. The van der Waals surface area contributed by atoms with E-state index in [1.54, 1.807) is 24.3 Å². The Morgan fingerprint density at radius 1 is 1.23 bits per heavy atom. The molecule has 0 radical (unpaired) electrons. The maximum atomic E-state index is 8.61. The third-order valence-corrected chi connectivity index (χ3v) is 2.12. The molecule has 1 aromatic carbocycles. The normalized spacial score (nSPS) is 12.2. The average molecular weight is 239 g/mol. The molecular weight excluding hydrogens is 233 g/mol. The third kappa shape index (κ3) is 2.76. The van der Waals surface area contributed by atoms with Crippen LogP contribution in [0.3, 0.4) is 0 Å². The molecule has 1 aromatic rings. The second-order valence-corrected chi connectivity index (χ2v) is 3.83. The third-order valence-electron chi connectivity index (χ3n) is 1.45. The molecule has 0 unspecified atom stereocenters. The van der Waals surface area contributed by atoms with Gasteiger partial charge in [-0.3, -0.25) is 0 Å². The highest BCUT2D eigenvalue weighted by Crippen LogP contribution is 2.15. The predicted molar refractivity (Wildman–Crippen MR) is 55.3 cm³/mol. The lowest BCUT2D eigenvalue weighted by Gasteiger charge is -2.04. The zero-order valence-electron chi connectivity index (χ0n) is 6.42. The predicted octanol–water partition coefficient (Wildman–Crippen LogP) is 3.32. The van der Waals surface area contributed by atoms with Gasteiger partial charge in [0.05, 0.1) is 0 Å². The van der Waals surface area contributed by atoms with Gasteiger partial charge in [0.25, 0.3) is 0 Å². The van der Waals surface area contributed by atoms with E-state index in [9.17, 15) is 0 Å². The summed E-state index contributed by atoms with van der Waals surface area (Å²) in [7, 11) is 0. The number of oxime groups is 1. The Labute approximate surface area is 90.7 Å². The van der Waals surface area contributed by atoms with Crippen LogP contribution in [0.2, 0.25) is 5.02 Å². The lowest BCUT2D eigenvalue weighted by atomic mass is 10.1. The molecule has 1 N–H and O–H groups in total. The number of halogens is 3. The van der Waals surface area contributed by atoms with E-state index in [2.05, 4.69) is 5.16 Å². The van der Waals surface area contributed by atoms with E-state index in [4.69, 9.17) is 40.0 Å². The number of nitrogens with zero attached hydrogens (tertiary/aromatic N) is 1. The first kappa shape index (κ1) is 10.6. The second kappa shape index (κ2) is 4.70. The van der Waals surface area contributed by atoms with E-state index in [1.807, 2.05) is 0 Å². The van der Waals surface area contributed by atoms with Crippen LogP contribution in [0.1, 0.15) is 5.56 Å². The largest absolute Gasteiger partial charge is 0.411 e. The minimum atomic E-state index is -0.855. The highest BCUT2D eigenvalue weighted by atomic mass is 35.5. The number of alkyl halides is 2. The summed E-state index contributed by atoms with van der Waals surface area (Å²) in [6.07, 6.45) is 0. The van der Waals surface area contributed by atoms with Gasteiger partial charge in [0.15, 0.2) is 4.84 Å². The Morgan fingerprint density at radius 2 is 1.77 bits per heavy atom. The van der Waals surface area contributed by atoms with Gasteiger partial charge in [-0.15, -0.1) is 0 Å². The molecule has 13 heavy (non-hydrogen) atoms. The SMILES string of the molecule is O/[15N]=C(/c1ccc(Cl)cc1)C(Cl)Cl. The Kier molecular flexibility index (Phi) is 3.85. The van der Waals surface area contributed by atoms with Crippen LogP contribution in [0.25, 0.3) is 0 Å². The summed E-state index contributed by atoms with van der Waals surface area (Å²) in [5, 5.41) is 12.2. The summed E-state index contributed by atoms with van der Waals surface area (Å²) in [5.41, 5.74) is 0.849. The van der Waals surface area contributed by atoms with Gasteiger partial charge in [-0.1, -0.05) is 52.1 Å². The number of benzene rings is 1. The van der Waals surface area contributed by atoms with Crippen molar-refractivity contribution in [2.24, 2.45) is 5.16 Å². The fourth-order valence-electron chi connectivity index (χ4n) is 0.848. The lowest BCUT2D eigenvalue weighted by Crippen LogP contribution is -2.09. The van der Waals surface area contributed by atoms with E-state index >= 15 is 0 Å². The molecule has 0 aliphatic heterocycles. The van der Waals surface area contributed by atoms with E-state index in [-0.39, 0.29) is 5.71 Å². The second-order valence-electron chi connectivity index (χ2n) is 2.29. The Balaban J connectivity index is 3.00. The maximum absolute atomic E-state index is 8.61. The summed E-state index contributed by atoms with van der Waals surface area (Å²) in [6.45, 7) is 0. The zero-order valence-corrected chi connectivity index (χ0v) is 8.68. The molecule has 0 aromatic heterocycles. The van der Waals surface area contributed by atoms with Crippen LogP contribution in [0.15, 0.2) is 29.4 Å². The van der Waals surface area contributed by atoms with E-state index in [0.717, 1.165) is 0 Å². The first-order valence-electron chi connectivity index (χ1n) is 3.41. The van der Waals surface area contributed by atoms with Crippen molar-refractivity contribution < 1.29 is 5.21 Å². The van der Waals surface area contributed by atoms with Crippen molar-refractivity contribution in [1.29, 1.82) is 0 Å². The first-order chi connectivity index (χ1) is 6.15. The average Bonchev–Trinajstić information content (AvgIpc) is 2.09. The van der Waals surface area contributed by atoms with E-state index in [1.165, 1.54) is 0 Å². The van der Waals surface area contributed by atoms with Crippen molar-refractivity contribution >= 4 is 40.5 Å². The van der Waals surface area contributed by atoms with Crippen LogP contribution in [-0.2, 0) is 0 Å². The van der Waals surface area contributed by atoms with Gasteiger partial charge in [0.1, 0.15) is 5.71 Å². The van der Waals surface area contributed by atoms with Crippen LogP contribution in [0.5, 0.6) is 0 Å². The molecular formula is C8H6Cl3NO. The molecule has 2 nitrogen and oxygen atoms in total. The number of rotatable bonds is 2. The van der Waals surface area contributed by atoms with Gasteiger partial charge in [-0.05, 0) is 12.1 Å². The highest BCUT2D eigenvalue weighted by Gasteiger charge is 2.12. The lowest BCUT2D eigenvalue weighted by molar-refractivity contribution is 0.319. The first-order valence-corrected chi connectivity index (χ1v) is 4.66. The van der Waals surface area contributed by atoms with Crippen LogP contribution < -0.4 is 0 Å². The molecule has 0 aliphatic carbocycles. The fourth-order valence-corrected chi connectivity index (χ4v) is 1.31. The Hall–Kier alpha value is -0.440. The molecule has 0 spiro atoms. The Bertz CT molecular complexity index is 308. The van der Waals surface area contributed by atoms with E-state index in [0.29, 0.717) is 10.6 Å². The molecule has 0 atom stereocenters. The van der Waals surface area contributed by atoms with Crippen molar-refractivity contribution in [2.45, 2.75) is 4.84 Å². The maximum Gasteiger partial charge on any atom is 0.153 e. The van der Waals surface area contributed by atoms with Crippen molar-refractivity contribution in [1.82, 2.24) is 0 Å². The van der Waals surface area contributed by atoms with Crippen LogP contribution >= 0.6 is 34.8 Å². The van der Waals surface area contributed by atoms with Crippen molar-refractivity contribution in [3.05, 3.63) is 34.9 Å². The smallest absolute Gasteiger partial charge is 0.153 e. The summed E-state index contributed by atoms with van der Waals surface area (Å²) in [4.78, 5) is -0.855. The monoisotopic (exact) mass is 238 g/mol. The van der Waals surface area contributed by atoms with Gasteiger partial charge >= 0.3 is 0 Å². The van der Waals surface area contributed by atoms with Crippen LogP contribution in [0, 0.1) is 0 Å². The molecule has 0 amide bonds. The number of hydrogen-bond acceptors (Lipinski definition) is 2. The number of hydrogen-bond donors (Lipinski definition) is 1. The van der Waals surface area contributed by atoms with Gasteiger partial charge in [0.2, 0.25) is 0 Å². The molecule has 0 saturated carbocycles. The zero-order chi connectivity index (χ0) is 9.84. The standard InChI is InChI=1S/C8H6Cl3NO/c9-6-3-1-5(2-4-6)7(12-13)8(10)11/h1-4,8,13H/b12-7-/i12+1. The molecule has 0 saturated heterocycles. The van der Waals surface area contributed by atoms with Crippen molar-refractivity contribution in [3.8, 4) is 0 Å². The topological polar surface area (TPSA) is 32.6 Å². The minimum Gasteiger partial charge on any atom is -0.411 e. The molecule has 5 heteroatoms. The molecule has 70 valence electrons. The quantitative estimate of drug-likeness (QED) is 0.277. The summed E-state index contributed by atoms with van der Waals surface area (Å²) in [5.74, 6) is 0. The molecule has 0 heterocycles. The summed E-state index contributed by atoms with van der Waals surface area (Å²) >= 11 is 16.8. The molecule has 1 rings (SSSR count). The molecule has 0 aliphatic rings. The fraction of sp³-hybridized carbons (Fsp3) is 0.125. The summed E-state index contributed by atoms with van der Waals surface area (Å²) < 4.78 is 0.